The molecule has 4 rings (SSSR count). The van der Waals surface area contributed by atoms with Gasteiger partial charge in [-0.1, -0.05) is 12.1 Å². The average Bonchev–Trinajstić information content (AvgIpc) is 3.35. The Hall–Kier alpha value is -2.34. The van der Waals surface area contributed by atoms with Crippen LogP contribution in [0, 0.1) is 0 Å². The first-order chi connectivity index (χ1) is 13.6. The predicted octanol–water partition coefficient (Wildman–Crippen LogP) is 2.76. The third-order valence-corrected chi connectivity index (χ3v) is 6.31. The highest BCUT2D eigenvalue weighted by Crippen LogP contribution is 2.28. The second-order valence-electron chi connectivity index (χ2n) is 8.09. The largest absolute Gasteiger partial charge is 0.494 e. The maximum atomic E-state index is 12.6. The van der Waals surface area contributed by atoms with Gasteiger partial charge >= 0.3 is 0 Å². The molecule has 0 spiro atoms. The zero-order chi connectivity index (χ0) is 19.7. The van der Waals surface area contributed by atoms with E-state index in [0.717, 1.165) is 61.2 Å². The number of methoxy groups -OCH3 is 1. The fourth-order valence-corrected chi connectivity index (χ4v) is 4.55. The van der Waals surface area contributed by atoms with Crippen molar-refractivity contribution in [3.8, 4) is 5.75 Å². The van der Waals surface area contributed by atoms with Crippen LogP contribution in [0.2, 0.25) is 0 Å². The highest BCUT2D eigenvalue weighted by atomic mass is 16.5. The molecule has 0 saturated carbocycles. The van der Waals surface area contributed by atoms with E-state index in [1.807, 2.05) is 18.3 Å². The number of pyridine rings is 1. The van der Waals surface area contributed by atoms with Crippen molar-refractivity contribution >= 4 is 22.5 Å². The first-order valence-electron chi connectivity index (χ1n) is 10.2. The summed E-state index contributed by atoms with van der Waals surface area (Å²) in [5.74, 6) is 1.08. The van der Waals surface area contributed by atoms with E-state index in [9.17, 15) is 4.79 Å². The number of likely N-dealkylation sites (N-methyl/N-ethyl adjacent to an activating group) is 1. The zero-order valence-corrected chi connectivity index (χ0v) is 17.1. The molecule has 2 fully saturated rings. The SMILES string of the molecule is COc1cccc2cc(N(C)[C@H]3CCN(CC(=O)N4CCC[C@H]4C)C3)cnc12. The van der Waals surface area contributed by atoms with Crippen molar-refractivity contribution in [2.24, 2.45) is 0 Å². The first kappa shape index (κ1) is 19.0. The minimum atomic E-state index is 0.285. The fraction of sp³-hybridized carbons (Fsp3) is 0.545. The highest BCUT2D eigenvalue weighted by Gasteiger charge is 2.31. The standard InChI is InChI=1S/C22H30N4O2/c1-16-6-5-10-26(16)21(27)15-25-11-9-18(14-25)24(2)19-12-17-7-4-8-20(28-3)22(17)23-13-19/h4,7-8,12-13,16,18H,5-6,9-11,14-15H2,1-3H3/t16-,18+/m1/s1. The Labute approximate surface area is 167 Å². The summed E-state index contributed by atoms with van der Waals surface area (Å²) in [6.07, 6.45) is 5.26. The molecule has 0 aliphatic carbocycles. The van der Waals surface area contributed by atoms with E-state index in [2.05, 4.69) is 45.8 Å². The number of hydrogen-bond acceptors (Lipinski definition) is 5. The number of likely N-dealkylation sites (tertiary alicyclic amines) is 2. The molecule has 2 saturated heterocycles. The molecule has 0 radical (unpaired) electrons. The van der Waals surface area contributed by atoms with Gasteiger partial charge in [0.25, 0.3) is 0 Å². The van der Waals surface area contributed by atoms with Crippen molar-refractivity contribution in [1.82, 2.24) is 14.8 Å². The maximum absolute atomic E-state index is 12.6. The molecule has 1 aromatic carbocycles. The maximum Gasteiger partial charge on any atom is 0.236 e. The van der Waals surface area contributed by atoms with Crippen molar-refractivity contribution < 1.29 is 9.53 Å². The van der Waals surface area contributed by atoms with Crippen LogP contribution in [0.4, 0.5) is 5.69 Å². The number of benzene rings is 1. The number of nitrogens with zero attached hydrogens (tertiary/aromatic N) is 4. The quantitative estimate of drug-likeness (QED) is 0.796. The molecule has 2 aromatic rings. The van der Waals surface area contributed by atoms with Gasteiger partial charge in [0.15, 0.2) is 0 Å². The van der Waals surface area contributed by atoms with Crippen molar-refractivity contribution in [2.75, 3.05) is 45.2 Å². The van der Waals surface area contributed by atoms with Crippen LogP contribution in [0.3, 0.4) is 0 Å². The number of para-hydroxylation sites is 1. The summed E-state index contributed by atoms with van der Waals surface area (Å²) in [4.78, 5) is 23.9. The van der Waals surface area contributed by atoms with Gasteiger partial charge in [0.1, 0.15) is 11.3 Å². The third kappa shape index (κ3) is 3.65. The van der Waals surface area contributed by atoms with Gasteiger partial charge in [0.05, 0.1) is 25.5 Å². The lowest BCUT2D eigenvalue weighted by Crippen LogP contribution is -2.42. The van der Waals surface area contributed by atoms with Gasteiger partial charge in [-0.05, 0) is 38.3 Å². The Kier molecular flexibility index (Phi) is 5.40. The highest BCUT2D eigenvalue weighted by molar-refractivity contribution is 5.87. The lowest BCUT2D eigenvalue weighted by atomic mass is 10.1. The van der Waals surface area contributed by atoms with E-state index >= 15 is 0 Å². The summed E-state index contributed by atoms with van der Waals surface area (Å²) < 4.78 is 5.41. The average molecular weight is 383 g/mol. The van der Waals surface area contributed by atoms with E-state index < -0.39 is 0 Å². The lowest BCUT2D eigenvalue weighted by Gasteiger charge is -2.28. The van der Waals surface area contributed by atoms with E-state index in [4.69, 9.17) is 4.74 Å². The molecule has 2 aliphatic heterocycles. The number of amides is 1. The monoisotopic (exact) mass is 382 g/mol. The molecule has 1 aromatic heterocycles. The van der Waals surface area contributed by atoms with E-state index in [0.29, 0.717) is 18.6 Å². The Morgan fingerprint density at radius 3 is 2.93 bits per heavy atom. The summed E-state index contributed by atoms with van der Waals surface area (Å²) in [5, 5.41) is 1.08. The number of carbonyl (C=O) groups is 1. The second-order valence-corrected chi connectivity index (χ2v) is 8.09. The summed E-state index contributed by atoms with van der Waals surface area (Å²) in [5.41, 5.74) is 1.99. The molecule has 2 atom stereocenters. The zero-order valence-electron chi connectivity index (χ0n) is 17.1. The lowest BCUT2D eigenvalue weighted by molar-refractivity contribution is -0.132. The Morgan fingerprint density at radius 2 is 2.18 bits per heavy atom. The van der Waals surface area contributed by atoms with E-state index in [1.54, 1.807) is 7.11 Å². The number of aromatic nitrogens is 1. The number of ether oxygens (including phenoxy) is 1. The minimum Gasteiger partial charge on any atom is -0.494 e. The van der Waals surface area contributed by atoms with Crippen LogP contribution in [0.25, 0.3) is 10.9 Å². The molecular weight excluding hydrogens is 352 g/mol. The van der Waals surface area contributed by atoms with Crippen molar-refractivity contribution in [2.45, 2.75) is 38.3 Å². The van der Waals surface area contributed by atoms with Crippen LogP contribution >= 0.6 is 0 Å². The van der Waals surface area contributed by atoms with E-state index in [1.165, 1.54) is 0 Å². The van der Waals surface area contributed by atoms with Gasteiger partial charge in [-0.15, -0.1) is 0 Å². The third-order valence-electron chi connectivity index (χ3n) is 6.31. The number of carbonyl (C=O) groups excluding carboxylic acids is 1. The molecule has 6 heteroatoms. The van der Waals surface area contributed by atoms with E-state index in [-0.39, 0.29) is 5.91 Å². The Morgan fingerprint density at radius 1 is 1.32 bits per heavy atom. The van der Waals surface area contributed by atoms with Crippen LogP contribution in [-0.4, -0.2) is 73.1 Å². The normalized spacial score (nSPS) is 22.8. The smallest absolute Gasteiger partial charge is 0.236 e. The molecule has 2 aliphatic rings. The number of rotatable bonds is 5. The minimum absolute atomic E-state index is 0.285. The molecule has 3 heterocycles. The van der Waals surface area contributed by atoms with Crippen LogP contribution in [-0.2, 0) is 4.79 Å². The molecule has 28 heavy (non-hydrogen) atoms. The molecule has 1 amide bonds. The van der Waals surface area contributed by atoms with Crippen LogP contribution in [0.1, 0.15) is 26.2 Å². The van der Waals surface area contributed by atoms with Crippen LogP contribution in [0.15, 0.2) is 30.5 Å². The number of hydrogen-bond donors (Lipinski definition) is 0. The predicted molar refractivity (Wildman–Crippen MR) is 112 cm³/mol. The number of fused-ring (bicyclic) bond motifs is 1. The fourth-order valence-electron chi connectivity index (χ4n) is 4.55. The van der Waals surface area contributed by atoms with Gasteiger partial charge < -0.3 is 14.5 Å². The molecule has 0 bridgehead atoms. The molecule has 0 N–H and O–H groups in total. The topological polar surface area (TPSA) is 48.9 Å². The Bertz CT molecular complexity index is 856. The van der Waals surface area contributed by atoms with Gasteiger partial charge in [-0.2, -0.15) is 0 Å². The molecule has 0 unspecified atom stereocenters. The van der Waals surface area contributed by atoms with Crippen molar-refractivity contribution in [1.29, 1.82) is 0 Å². The van der Waals surface area contributed by atoms with Gasteiger partial charge in [-0.25, -0.2) is 0 Å². The van der Waals surface area contributed by atoms with Gasteiger partial charge in [0, 0.05) is 44.2 Å². The van der Waals surface area contributed by atoms with Crippen molar-refractivity contribution in [3.05, 3.63) is 30.5 Å². The summed E-state index contributed by atoms with van der Waals surface area (Å²) in [7, 11) is 3.80. The summed E-state index contributed by atoms with van der Waals surface area (Å²) >= 11 is 0. The molecular formula is C22H30N4O2. The van der Waals surface area contributed by atoms with Gasteiger partial charge in [0.2, 0.25) is 5.91 Å². The first-order valence-corrected chi connectivity index (χ1v) is 10.2. The number of anilines is 1. The van der Waals surface area contributed by atoms with Crippen LogP contribution in [0.5, 0.6) is 5.75 Å². The van der Waals surface area contributed by atoms with Gasteiger partial charge in [-0.3, -0.25) is 14.7 Å². The molecule has 6 nitrogen and oxygen atoms in total. The summed E-state index contributed by atoms with van der Waals surface area (Å²) in [6, 6.07) is 8.97. The summed E-state index contributed by atoms with van der Waals surface area (Å²) in [6.45, 7) is 5.51. The van der Waals surface area contributed by atoms with Crippen molar-refractivity contribution in [3.63, 3.8) is 0 Å². The second kappa shape index (κ2) is 7.95. The van der Waals surface area contributed by atoms with Crippen LogP contribution < -0.4 is 9.64 Å². The molecule has 150 valence electrons. The Balaban J connectivity index is 1.41.